The van der Waals surface area contributed by atoms with Gasteiger partial charge in [-0.2, -0.15) is 4.98 Å². The maximum absolute atomic E-state index is 12.1. The Balaban J connectivity index is 1.52. The number of anilines is 1. The zero-order valence-corrected chi connectivity index (χ0v) is 12.9. The minimum absolute atomic E-state index is 0.0321. The normalized spacial score (nSPS) is 28.5. The lowest BCUT2D eigenvalue weighted by Gasteiger charge is -2.21. The van der Waals surface area contributed by atoms with Crippen molar-refractivity contribution in [1.29, 1.82) is 0 Å². The SMILES string of the molecule is CC1(C)O[C@H]2[C@H](NCc3c[nH]c4nc(N)[nH]c(=O)c34)C=C[C@H]2O1. The Morgan fingerprint density at radius 2 is 2.22 bits per heavy atom. The van der Waals surface area contributed by atoms with Crippen molar-refractivity contribution in [3.05, 3.63) is 34.3 Å². The van der Waals surface area contributed by atoms with Gasteiger partial charge in [0.1, 0.15) is 17.9 Å². The molecule has 0 unspecified atom stereocenters. The number of nitrogens with two attached hydrogens (primary N) is 1. The van der Waals surface area contributed by atoms with Crippen molar-refractivity contribution in [2.24, 2.45) is 0 Å². The van der Waals surface area contributed by atoms with E-state index in [4.69, 9.17) is 15.2 Å². The average molecular weight is 317 g/mol. The van der Waals surface area contributed by atoms with Crippen LogP contribution in [0.25, 0.3) is 11.0 Å². The lowest BCUT2D eigenvalue weighted by atomic mass is 10.1. The van der Waals surface area contributed by atoms with Gasteiger partial charge in [-0.3, -0.25) is 9.78 Å². The quantitative estimate of drug-likeness (QED) is 0.608. The molecule has 0 radical (unpaired) electrons. The summed E-state index contributed by atoms with van der Waals surface area (Å²) in [7, 11) is 0. The number of H-pyrrole nitrogens is 2. The topological polar surface area (TPSA) is 118 Å². The van der Waals surface area contributed by atoms with Crippen LogP contribution < -0.4 is 16.6 Å². The largest absolute Gasteiger partial charge is 0.369 e. The predicted molar refractivity (Wildman–Crippen MR) is 84.7 cm³/mol. The number of hydrogen-bond acceptors (Lipinski definition) is 6. The van der Waals surface area contributed by atoms with Crippen molar-refractivity contribution in [3.63, 3.8) is 0 Å². The van der Waals surface area contributed by atoms with Gasteiger partial charge in [0, 0.05) is 12.7 Å². The number of nitrogen functional groups attached to an aromatic ring is 1. The van der Waals surface area contributed by atoms with Crippen molar-refractivity contribution in [3.8, 4) is 0 Å². The first-order valence-electron chi connectivity index (χ1n) is 7.56. The standard InChI is InChI=1S/C15H19N5O3/c1-15(2)22-9-4-3-8(11(9)23-15)17-5-7-6-18-12-10(7)13(21)20-14(16)19-12/h3-4,6,8-9,11,17H,5H2,1-2H3,(H4,16,18,19,20,21)/t8-,9-,11+/m1/s1. The monoisotopic (exact) mass is 317 g/mol. The first kappa shape index (κ1) is 14.4. The van der Waals surface area contributed by atoms with Crippen LogP contribution in [0.4, 0.5) is 5.95 Å². The summed E-state index contributed by atoms with van der Waals surface area (Å²) in [6.45, 7) is 4.33. The van der Waals surface area contributed by atoms with E-state index < -0.39 is 5.79 Å². The van der Waals surface area contributed by atoms with Gasteiger partial charge >= 0.3 is 0 Å². The van der Waals surface area contributed by atoms with E-state index >= 15 is 0 Å². The van der Waals surface area contributed by atoms with E-state index in [-0.39, 0.29) is 29.8 Å². The molecular formula is C15H19N5O3. The zero-order chi connectivity index (χ0) is 16.2. The average Bonchev–Trinajstić information content (AvgIpc) is 3.09. The van der Waals surface area contributed by atoms with Gasteiger partial charge in [0.05, 0.1) is 11.4 Å². The van der Waals surface area contributed by atoms with Crippen LogP contribution >= 0.6 is 0 Å². The fourth-order valence-corrected chi connectivity index (χ4v) is 3.25. The van der Waals surface area contributed by atoms with Gasteiger partial charge in [0.15, 0.2) is 5.79 Å². The summed E-state index contributed by atoms with van der Waals surface area (Å²) in [5.41, 5.74) is 6.63. The number of ether oxygens (including phenoxy) is 2. The molecule has 0 aromatic carbocycles. The molecule has 23 heavy (non-hydrogen) atoms. The highest BCUT2D eigenvalue weighted by molar-refractivity contribution is 5.79. The Hall–Kier alpha value is -2.16. The lowest BCUT2D eigenvalue weighted by molar-refractivity contribution is -0.145. The van der Waals surface area contributed by atoms with Crippen LogP contribution in [-0.4, -0.2) is 39.0 Å². The molecule has 0 saturated carbocycles. The summed E-state index contributed by atoms with van der Waals surface area (Å²) < 4.78 is 11.7. The molecule has 8 heteroatoms. The minimum Gasteiger partial charge on any atom is -0.369 e. The number of fused-ring (bicyclic) bond motifs is 2. The predicted octanol–water partition coefficient (Wildman–Crippen LogP) is 0.382. The Labute approximate surface area is 132 Å². The van der Waals surface area contributed by atoms with Gasteiger partial charge in [0.25, 0.3) is 5.56 Å². The Morgan fingerprint density at radius 1 is 1.39 bits per heavy atom. The van der Waals surface area contributed by atoms with Crippen LogP contribution in [0.5, 0.6) is 0 Å². The van der Waals surface area contributed by atoms with Crippen LogP contribution in [0, 0.1) is 0 Å². The van der Waals surface area contributed by atoms with Crippen LogP contribution in [0.1, 0.15) is 19.4 Å². The van der Waals surface area contributed by atoms with E-state index in [1.54, 1.807) is 6.20 Å². The molecule has 1 fully saturated rings. The summed E-state index contributed by atoms with van der Waals surface area (Å²) >= 11 is 0. The third-order valence-electron chi connectivity index (χ3n) is 4.20. The Morgan fingerprint density at radius 3 is 3.04 bits per heavy atom. The summed E-state index contributed by atoms with van der Waals surface area (Å²) in [4.78, 5) is 21.7. The second-order valence-electron chi connectivity index (χ2n) is 6.35. The van der Waals surface area contributed by atoms with Gasteiger partial charge in [-0.15, -0.1) is 0 Å². The second-order valence-corrected chi connectivity index (χ2v) is 6.35. The molecule has 0 spiro atoms. The van der Waals surface area contributed by atoms with Crippen molar-refractivity contribution in [2.75, 3.05) is 5.73 Å². The maximum atomic E-state index is 12.1. The van der Waals surface area contributed by atoms with Crippen molar-refractivity contribution >= 4 is 17.0 Å². The van der Waals surface area contributed by atoms with Crippen LogP contribution in [-0.2, 0) is 16.0 Å². The first-order chi connectivity index (χ1) is 10.9. The van der Waals surface area contributed by atoms with E-state index in [9.17, 15) is 4.79 Å². The van der Waals surface area contributed by atoms with Crippen molar-refractivity contribution in [2.45, 2.75) is 44.4 Å². The molecule has 2 aromatic rings. The fourth-order valence-electron chi connectivity index (χ4n) is 3.25. The Bertz CT molecular complexity index is 837. The highest BCUT2D eigenvalue weighted by Gasteiger charge is 2.46. The van der Waals surface area contributed by atoms with Crippen LogP contribution in [0.3, 0.4) is 0 Å². The summed E-state index contributed by atoms with van der Waals surface area (Å²) in [5.74, 6) is -0.469. The van der Waals surface area contributed by atoms with Crippen molar-refractivity contribution < 1.29 is 9.47 Å². The number of hydrogen-bond donors (Lipinski definition) is 4. The molecule has 1 saturated heterocycles. The van der Waals surface area contributed by atoms with E-state index in [0.29, 0.717) is 17.6 Å². The molecule has 3 heterocycles. The third kappa shape index (κ3) is 2.44. The van der Waals surface area contributed by atoms with Gasteiger partial charge in [0.2, 0.25) is 5.95 Å². The van der Waals surface area contributed by atoms with Gasteiger partial charge in [-0.25, -0.2) is 0 Å². The molecule has 3 atom stereocenters. The molecule has 2 aliphatic rings. The second kappa shape index (κ2) is 4.92. The minimum atomic E-state index is -0.570. The molecule has 1 aliphatic carbocycles. The van der Waals surface area contributed by atoms with Crippen molar-refractivity contribution in [1.82, 2.24) is 20.3 Å². The number of nitrogens with one attached hydrogen (secondary N) is 3. The molecule has 5 N–H and O–H groups in total. The number of aromatic nitrogens is 3. The van der Waals surface area contributed by atoms with Gasteiger partial charge < -0.3 is 25.5 Å². The summed E-state index contributed by atoms with van der Waals surface area (Å²) in [6, 6.07) is 0.0348. The fraction of sp³-hybridized carbons (Fsp3) is 0.467. The summed E-state index contributed by atoms with van der Waals surface area (Å²) in [6.07, 6.45) is 5.74. The molecular weight excluding hydrogens is 298 g/mol. The van der Waals surface area contributed by atoms with E-state index in [1.807, 2.05) is 26.0 Å². The number of nitrogens with zero attached hydrogens (tertiary/aromatic N) is 1. The summed E-state index contributed by atoms with van der Waals surface area (Å²) in [5, 5.41) is 3.93. The number of aromatic amines is 2. The molecule has 2 aromatic heterocycles. The van der Waals surface area contributed by atoms with Gasteiger partial charge in [-0.1, -0.05) is 12.2 Å². The first-order valence-corrected chi connectivity index (χ1v) is 7.56. The molecule has 4 rings (SSSR count). The zero-order valence-electron chi connectivity index (χ0n) is 12.9. The molecule has 0 amide bonds. The van der Waals surface area contributed by atoms with Crippen LogP contribution in [0.2, 0.25) is 0 Å². The molecule has 1 aliphatic heterocycles. The van der Waals surface area contributed by atoms with E-state index in [2.05, 4.69) is 20.3 Å². The Kier molecular flexibility index (Phi) is 3.09. The van der Waals surface area contributed by atoms with Gasteiger partial charge in [-0.05, 0) is 19.4 Å². The molecule has 122 valence electrons. The molecule has 8 nitrogen and oxygen atoms in total. The third-order valence-corrected chi connectivity index (χ3v) is 4.20. The highest BCUT2D eigenvalue weighted by atomic mass is 16.8. The molecule has 0 bridgehead atoms. The smallest absolute Gasteiger partial charge is 0.262 e. The number of rotatable bonds is 3. The van der Waals surface area contributed by atoms with E-state index in [0.717, 1.165) is 5.56 Å². The maximum Gasteiger partial charge on any atom is 0.262 e. The lowest BCUT2D eigenvalue weighted by Crippen LogP contribution is -2.39. The highest BCUT2D eigenvalue weighted by Crippen LogP contribution is 2.34. The van der Waals surface area contributed by atoms with E-state index in [1.165, 1.54) is 0 Å². The van der Waals surface area contributed by atoms with Crippen LogP contribution in [0.15, 0.2) is 23.1 Å².